The summed E-state index contributed by atoms with van der Waals surface area (Å²) in [7, 11) is -9.91. The van der Waals surface area contributed by atoms with E-state index in [1.54, 1.807) is 0 Å². The van der Waals surface area contributed by atoms with Crippen molar-refractivity contribution in [2.75, 3.05) is 39.6 Å². The number of carbonyl (C=O) groups is 4. The molecule has 19 heteroatoms. The molecule has 0 saturated heterocycles. The lowest BCUT2D eigenvalue weighted by atomic mass is 10.0. The number of rotatable bonds is 78. The maximum absolute atomic E-state index is 13.1. The number of hydrogen-bond acceptors (Lipinski definition) is 15. The fourth-order valence-corrected chi connectivity index (χ4v) is 13.5. The number of hydrogen-bond donors (Lipinski definition) is 3. The zero-order chi connectivity index (χ0) is 70.4. The lowest BCUT2D eigenvalue weighted by molar-refractivity contribution is -0.161. The minimum Gasteiger partial charge on any atom is -0.462 e. The molecule has 570 valence electrons. The SMILES string of the molecule is CCCCCCCCCCCCCCCCCCCCC(=O)OC[C@H](COP(=O)(O)OC[C@@H](O)COP(=O)(O)OC[C@@H](COC(=O)CCCCCCCCCCC)OC(=O)CCCCCCCCCCCCC)OC(=O)CCCCCCCCCCCCCCCCCCCC. The van der Waals surface area contributed by atoms with Gasteiger partial charge in [-0.1, -0.05) is 362 Å². The van der Waals surface area contributed by atoms with E-state index in [4.69, 9.17) is 37.0 Å². The Morgan fingerprint density at radius 2 is 0.417 bits per heavy atom. The number of esters is 4. The van der Waals surface area contributed by atoms with E-state index in [2.05, 4.69) is 27.7 Å². The van der Waals surface area contributed by atoms with Gasteiger partial charge in [-0.05, 0) is 25.7 Å². The minimum absolute atomic E-state index is 0.108. The van der Waals surface area contributed by atoms with Gasteiger partial charge in [0, 0.05) is 25.7 Å². The molecule has 0 fully saturated rings. The molecule has 0 aromatic carbocycles. The van der Waals surface area contributed by atoms with E-state index in [9.17, 15) is 43.2 Å². The van der Waals surface area contributed by atoms with Gasteiger partial charge in [0.1, 0.15) is 19.3 Å². The number of carbonyl (C=O) groups excluding carboxylic acids is 4. The lowest BCUT2D eigenvalue weighted by Crippen LogP contribution is -2.30. The highest BCUT2D eigenvalue weighted by Crippen LogP contribution is 2.45. The molecule has 0 aliphatic carbocycles. The van der Waals surface area contributed by atoms with E-state index in [0.29, 0.717) is 25.7 Å². The number of aliphatic hydroxyl groups excluding tert-OH is 1. The van der Waals surface area contributed by atoms with Gasteiger partial charge in [-0.2, -0.15) is 0 Å². The van der Waals surface area contributed by atoms with Gasteiger partial charge in [0.15, 0.2) is 12.2 Å². The smallest absolute Gasteiger partial charge is 0.462 e. The summed E-state index contributed by atoms with van der Waals surface area (Å²) in [6.45, 7) is 4.98. The van der Waals surface area contributed by atoms with Crippen molar-refractivity contribution in [2.24, 2.45) is 0 Å². The van der Waals surface area contributed by atoms with Crippen molar-refractivity contribution >= 4 is 39.5 Å². The molecule has 0 aliphatic rings. The maximum Gasteiger partial charge on any atom is 0.472 e. The summed E-state index contributed by atoms with van der Waals surface area (Å²) in [5.41, 5.74) is 0. The molecular formula is C77H150O17P2. The maximum atomic E-state index is 13.1. The molecular weight excluding hydrogens is 1260 g/mol. The lowest BCUT2D eigenvalue weighted by Gasteiger charge is -2.21. The quantitative estimate of drug-likeness (QED) is 0.0222. The molecule has 0 aromatic rings. The van der Waals surface area contributed by atoms with Crippen molar-refractivity contribution in [1.82, 2.24) is 0 Å². The standard InChI is InChI=1S/C77H150O17P2/c1-5-9-13-17-21-25-28-30-32-34-36-38-40-43-46-50-54-58-62-75(80)88-68-73(94-77(82)64-60-56-52-48-44-41-39-37-35-33-31-29-26-22-18-14-10-6-2)70-92-96(85,86)90-66-71(78)65-89-95(83,84)91-69-72(67-87-74(79)61-57-53-49-45-24-20-16-12-8-4)93-76(81)63-59-55-51-47-42-27-23-19-15-11-7-3/h71-73,78H,5-70H2,1-4H3,(H,83,84)(H,85,86)/t71-,72+,73+/m0/s1. The average Bonchev–Trinajstić information content (AvgIpc) is 1.50. The first-order chi connectivity index (χ1) is 46.7. The van der Waals surface area contributed by atoms with E-state index < -0.39 is 97.5 Å². The second kappa shape index (κ2) is 71.5. The molecule has 0 aromatic heterocycles. The Labute approximate surface area is 588 Å². The Kier molecular flexibility index (Phi) is 70.0. The summed E-state index contributed by atoms with van der Waals surface area (Å²) in [4.78, 5) is 72.8. The number of aliphatic hydroxyl groups is 1. The summed E-state index contributed by atoms with van der Waals surface area (Å²) < 4.78 is 68.5. The molecule has 0 aliphatic heterocycles. The Morgan fingerprint density at radius 1 is 0.250 bits per heavy atom. The van der Waals surface area contributed by atoms with Crippen LogP contribution < -0.4 is 0 Å². The van der Waals surface area contributed by atoms with Crippen LogP contribution in [0.25, 0.3) is 0 Å². The number of phosphoric ester groups is 2. The molecule has 2 unspecified atom stereocenters. The van der Waals surface area contributed by atoms with Crippen LogP contribution in [0.3, 0.4) is 0 Å². The van der Waals surface area contributed by atoms with E-state index in [0.717, 1.165) is 89.9 Å². The van der Waals surface area contributed by atoms with Crippen LogP contribution in [-0.2, 0) is 65.4 Å². The Balaban J connectivity index is 5.20. The highest BCUT2D eigenvalue weighted by Gasteiger charge is 2.30. The Bertz CT molecular complexity index is 1830. The molecule has 5 atom stereocenters. The molecule has 0 spiro atoms. The van der Waals surface area contributed by atoms with Crippen molar-refractivity contribution in [3.8, 4) is 0 Å². The molecule has 3 N–H and O–H groups in total. The van der Waals surface area contributed by atoms with Crippen LogP contribution in [0.5, 0.6) is 0 Å². The summed E-state index contributed by atoms with van der Waals surface area (Å²) in [6.07, 6.45) is 62.4. The molecule has 0 saturated carbocycles. The predicted octanol–water partition coefficient (Wildman–Crippen LogP) is 23.0. The molecule has 17 nitrogen and oxygen atoms in total. The third-order valence-corrected chi connectivity index (χ3v) is 20.0. The van der Waals surface area contributed by atoms with Gasteiger partial charge in [0.25, 0.3) is 0 Å². The van der Waals surface area contributed by atoms with E-state index >= 15 is 0 Å². The second-order valence-corrected chi connectivity index (χ2v) is 30.7. The largest absolute Gasteiger partial charge is 0.472 e. The normalized spacial score (nSPS) is 13.9. The van der Waals surface area contributed by atoms with E-state index in [1.807, 2.05) is 0 Å². The molecule has 96 heavy (non-hydrogen) atoms. The van der Waals surface area contributed by atoms with Crippen molar-refractivity contribution in [1.29, 1.82) is 0 Å². The zero-order valence-corrected chi connectivity index (χ0v) is 64.1. The molecule has 0 heterocycles. The van der Waals surface area contributed by atoms with Gasteiger partial charge in [0.2, 0.25) is 0 Å². The van der Waals surface area contributed by atoms with Crippen LogP contribution in [0.1, 0.15) is 413 Å². The van der Waals surface area contributed by atoms with Gasteiger partial charge < -0.3 is 33.8 Å². The van der Waals surface area contributed by atoms with Crippen molar-refractivity contribution in [2.45, 2.75) is 431 Å². The van der Waals surface area contributed by atoms with Crippen molar-refractivity contribution in [3.05, 3.63) is 0 Å². The van der Waals surface area contributed by atoms with Crippen LogP contribution in [-0.4, -0.2) is 96.7 Å². The molecule has 0 rings (SSSR count). The van der Waals surface area contributed by atoms with Gasteiger partial charge in [-0.25, -0.2) is 9.13 Å². The number of phosphoric acid groups is 2. The summed E-state index contributed by atoms with van der Waals surface area (Å²) in [5, 5.41) is 10.6. The third kappa shape index (κ3) is 70.5. The van der Waals surface area contributed by atoms with Gasteiger partial charge >= 0.3 is 39.5 Å². The van der Waals surface area contributed by atoms with Crippen LogP contribution >= 0.6 is 15.6 Å². The van der Waals surface area contributed by atoms with Gasteiger partial charge in [-0.3, -0.25) is 37.3 Å². The third-order valence-electron chi connectivity index (χ3n) is 18.1. The number of ether oxygens (including phenoxy) is 4. The van der Waals surface area contributed by atoms with Crippen molar-refractivity contribution < 1.29 is 80.2 Å². The zero-order valence-electron chi connectivity index (χ0n) is 62.4. The summed E-state index contributed by atoms with van der Waals surface area (Å²) in [5.74, 6) is -2.11. The number of unbranched alkanes of at least 4 members (excludes halogenated alkanes) is 52. The molecule has 0 amide bonds. The summed E-state index contributed by atoms with van der Waals surface area (Å²) in [6, 6.07) is 0. The van der Waals surface area contributed by atoms with Crippen LogP contribution in [0.2, 0.25) is 0 Å². The first-order valence-corrected chi connectivity index (χ1v) is 43.3. The van der Waals surface area contributed by atoms with Gasteiger partial charge in [0.05, 0.1) is 26.4 Å². The van der Waals surface area contributed by atoms with Crippen molar-refractivity contribution in [3.63, 3.8) is 0 Å². The highest BCUT2D eigenvalue weighted by molar-refractivity contribution is 7.47. The molecule has 0 bridgehead atoms. The average molecular weight is 1410 g/mol. The first-order valence-electron chi connectivity index (χ1n) is 40.3. The topological polar surface area (TPSA) is 237 Å². The van der Waals surface area contributed by atoms with E-state index in [-0.39, 0.29) is 25.7 Å². The van der Waals surface area contributed by atoms with E-state index in [1.165, 1.54) is 244 Å². The first kappa shape index (κ1) is 94.1. The predicted molar refractivity (Wildman–Crippen MR) is 391 cm³/mol. The Hall–Kier alpha value is -1.94. The van der Waals surface area contributed by atoms with Crippen LogP contribution in [0.15, 0.2) is 0 Å². The van der Waals surface area contributed by atoms with Crippen LogP contribution in [0, 0.1) is 0 Å². The fourth-order valence-electron chi connectivity index (χ4n) is 11.9. The monoisotopic (exact) mass is 1410 g/mol. The summed E-state index contributed by atoms with van der Waals surface area (Å²) >= 11 is 0. The second-order valence-electron chi connectivity index (χ2n) is 27.7. The molecule has 0 radical (unpaired) electrons. The Morgan fingerprint density at radius 3 is 0.615 bits per heavy atom. The fraction of sp³-hybridized carbons (Fsp3) is 0.948. The minimum atomic E-state index is -4.96. The van der Waals surface area contributed by atoms with Gasteiger partial charge in [-0.15, -0.1) is 0 Å². The highest BCUT2D eigenvalue weighted by atomic mass is 31.2. The van der Waals surface area contributed by atoms with Crippen LogP contribution in [0.4, 0.5) is 0 Å².